The van der Waals surface area contributed by atoms with Crippen LogP contribution < -0.4 is 4.74 Å². The average molecular weight is 404 g/mol. The molecule has 2 atom stereocenters. The molecule has 4 nitrogen and oxygen atoms in total. The Balaban J connectivity index is 0.00000208. The van der Waals surface area contributed by atoms with Gasteiger partial charge in [-0.05, 0) is 30.5 Å². The van der Waals surface area contributed by atoms with Crippen molar-refractivity contribution in [3.8, 4) is 5.75 Å². The maximum Gasteiger partial charge on any atom is 0.139 e. The molecule has 1 aromatic carbocycles. The van der Waals surface area contributed by atoms with Gasteiger partial charge in [-0.3, -0.25) is 4.79 Å². The van der Waals surface area contributed by atoms with Crippen molar-refractivity contribution in [3.63, 3.8) is 0 Å². The van der Waals surface area contributed by atoms with Gasteiger partial charge in [0.2, 0.25) is 0 Å². The van der Waals surface area contributed by atoms with Crippen LogP contribution in [0.2, 0.25) is 0 Å². The van der Waals surface area contributed by atoms with Gasteiger partial charge in [0.15, 0.2) is 0 Å². The summed E-state index contributed by atoms with van der Waals surface area (Å²) in [6, 6.07) is 7.61. The Bertz CT molecular complexity index is 652. The average Bonchev–Trinajstić information content (AvgIpc) is 3.17. The van der Waals surface area contributed by atoms with E-state index in [0.29, 0.717) is 19.6 Å². The van der Waals surface area contributed by atoms with Crippen LogP contribution in [-0.4, -0.2) is 25.6 Å². The first-order chi connectivity index (χ1) is 11.3. The van der Waals surface area contributed by atoms with E-state index in [1.807, 2.05) is 24.3 Å². The van der Waals surface area contributed by atoms with Crippen molar-refractivity contribution >= 4 is 16.8 Å². The molecule has 127 valence electrons. The molecule has 0 unspecified atom stereocenters. The fourth-order valence-corrected chi connectivity index (χ4v) is 3.12. The number of hydrogen-bond acceptors (Lipinski definition) is 4. The molecule has 0 amide bonds. The summed E-state index contributed by atoms with van der Waals surface area (Å²) >= 11 is 0. The summed E-state index contributed by atoms with van der Waals surface area (Å²) in [5.41, 5.74) is 0.799. The van der Waals surface area contributed by atoms with Crippen molar-refractivity contribution in [3.05, 3.63) is 37.5 Å². The molecule has 24 heavy (non-hydrogen) atoms. The van der Waals surface area contributed by atoms with Crippen LogP contribution in [0.25, 0.3) is 11.0 Å². The normalized spacial score (nSPS) is 20.3. The molecule has 0 aliphatic heterocycles. The maximum atomic E-state index is 12.1. The zero-order valence-corrected chi connectivity index (χ0v) is 16.7. The first-order valence-corrected chi connectivity index (χ1v) is 8.28. The van der Waals surface area contributed by atoms with Crippen LogP contribution in [0.3, 0.4) is 0 Å². The Morgan fingerprint density at radius 2 is 2.12 bits per heavy atom. The van der Waals surface area contributed by atoms with Gasteiger partial charge in [-0.15, -0.1) is 0 Å². The van der Waals surface area contributed by atoms with Gasteiger partial charge >= 0.3 is 0 Å². The minimum Gasteiger partial charge on any atom is -0.492 e. The first-order valence-electron chi connectivity index (χ1n) is 8.28. The van der Waals surface area contributed by atoms with E-state index in [9.17, 15) is 4.79 Å². The van der Waals surface area contributed by atoms with Crippen LogP contribution in [0.15, 0.2) is 34.9 Å². The number of hydrogen-bond donors (Lipinski definition) is 0. The van der Waals surface area contributed by atoms with E-state index < -0.39 is 0 Å². The van der Waals surface area contributed by atoms with Crippen LogP contribution >= 0.6 is 0 Å². The van der Waals surface area contributed by atoms with E-state index >= 15 is 0 Å². The van der Waals surface area contributed by atoms with Crippen molar-refractivity contribution in [2.24, 2.45) is 11.8 Å². The predicted octanol–water partition coefficient (Wildman–Crippen LogP) is 4.04. The Morgan fingerprint density at radius 1 is 1.25 bits per heavy atom. The molecule has 2 aromatic rings. The fourth-order valence-electron chi connectivity index (χ4n) is 3.12. The minimum atomic E-state index is -0.0723. The van der Waals surface area contributed by atoms with Crippen molar-refractivity contribution in [1.29, 1.82) is 0 Å². The SMILES string of the molecule is [CH2-]CCCOC[C@H]1CCC(=O)[C@@H]1COc1cccc2occc12.[Y]. The van der Waals surface area contributed by atoms with Crippen LogP contribution in [0.4, 0.5) is 0 Å². The zero-order chi connectivity index (χ0) is 16.1. The molecule has 1 fully saturated rings. The van der Waals surface area contributed by atoms with Gasteiger partial charge in [0.05, 0.1) is 30.8 Å². The molecule has 0 N–H and O–H groups in total. The standard InChI is InChI=1S/C19H23O4.Y/c1-2-3-10-21-12-14-7-8-17(20)16(14)13-23-19-6-4-5-18-15(19)9-11-22-18;/h4-6,9,11,14,16H,1-3,7-8,10,12-13H2;/q-1;/t14-,16-;/m1./s1. The summed E-state index contributed by atoms with van der Waals surface area (Å²) in [6.07, 6.45) is 5.02. The molecule has 1 aromatic heterocycles. The largest absolute Gasteiger partial charge is 0.492 e. The minimum absolute atomic E-state index is 0. The zero-order valence-electron chi connectivity index (χ0n) is 13.9. The number of carbonyl (C=O) groups is 1. The number of carbonyl (C=O) groups excluding carboxylic acids is 1. The van der Waals surface area contributed by atoms with E-state index in [1.54, 1.807) is 6.26 Å². The molecule has 1 aliphatic carbocycles. The third kappa shape index (κ3) is 4.68. The van der Waals surface area contributed by atoms with Gasteiger partial charge in [0, 0.05) is 45.7 Å². The number of furan rings is 1. The Labute approximate surface area is 168 Å². The van der Waals surface area contributed by atoms with Crippen LogP contribution in [-0.2, 0) is 42.2 Å². The number of unbranched alkanes of at least 4 members (excludes halogenated alkanes) is 1. The molecule has 3 rings (SSSR count). The molecule has 5 heteroatoms. The second kappa shape index (κ2) is 9.69. The monoisotopic (exact) mass is 404 g/mol. The summed E-state index contributed by atoms with van der Waals surface area (Å²) in [6.45, 7) is 5.57. The van der Waals surface area contributed by atoms with E-state index in [1.165, 1.54) is 0 Å². The predicted molar refractivity (Wildman–Crippen MR) is 88.3 cm³/mol. The molecular formula is C19H23O4Y-. The number of ether oxygens (including phenoxy) is 2. The molecule has 1 heterocycles. The summed E-state index contributed by atoms with van der Waals surface area (Å²) in [7, 11) is 0. The fraction of sp³-hybridized carbons (Fsp3) is 0.474. The first kappa shape index (κ1) is 19.6. The van der Waals surface area contributed by atoms with E-state index in [4.69, 9.17) is 13.9 Å². The maximum absolute atomic E-state index is 12.1. The summed E-state index contributed by atoms with van der Waals surface area (Å²) in [5, 5.41) is 0.946. The Morgan fingerprint density at radius 3 is 2.96 bits per heavy atom. The molecule has 0 saturated heterocycles. The quantitative estimate of drug-likeness (QED) is 0.492. The van der Waals surface area contributed by atoms with Gasteiger partial charge in [0.1, 0.15) is 17.1 Å². The van der Waals surface area contributed by atoms with Gasteiger partial charge < -0.3 is 20.8 Å². The second-order valence-corrected chi connectivity index (χ2v) is 6.05. The van der Waals surface area contributed by atoms with Crippen molar-refractivity contribution in [2.45, 2.75) is 25.7 Å². The second-order valence-electron chi connectivity index (χ2n) is 6.05. The third-order valence-corrected chi connectivity index (χ3v) is 4.49. The topological polar surface area (TPSA) is 48.7 Å². The number of fused-ring (bicyclic) bond motifs is 1. The molecule has 0 bridgehead atoms. The molecule has 1 radical (unpaired) electrons. The summed E-state index contributed by atoms with van der Waals surface area (Å²) in [4.78, 5) is 12.1. The van der Waals surface area contributed by atoms with Crippen LogP contribution in [0.1, 0.15) is 25.7 Å². The molecule has 1 saturated carbocycles. The smallest absolute Gasteiger partial charge is 0.139 e. The van der Waals surface area contributed by atoms with Crippen molar-refractivity contribution in [1.82, 2.24) is 0 Å². The van der Waals surface area contributed by atoms with Gasteiger partial charge in [0.25, 0.3) is 0 Å². The number of rotatable bonds is 8. The number of Topliss-reactive ketones (excluding diaryl/α,β-unsaturated/α-hetero) is 1. The molecular weight excluding hydrogens is 381 g/mol. The third-order valence-electron chi connectivity index (χ3n) is 4.49. The van der Waals surface area contributed by atoms with E-state index in [0.717, 1.165) is 42.6 Å². The van der Waals surface area contributed by atoms with Gasteiger partial charge in [-0.25, -0.2) is 0 Å². The molecule has 0 spiro atoms. The van der Waals surface area contributed by atoms with Gasteiger partial charge in [-0.2, -0.15) is 6.42 Å². The van der Waals surface area contributed by atoms with Crippen LogP contribution in [0.5, 0.6) is 5.75 Å². The molecule has 1 aliphatic rings. The van der Waals surface area contributed by atoms with E-state index in [-0.39, 0.29) is 50.3 Å². The number of benzene rings is 1. The Hall–Kier alpha value is -0.706. The Kier molecular flexibility index (Phi) is 7.92. The van der Waals surface area contributed by atoms with E-state index in [2.05, 4.69) is 6.92 Å². The number of ketones is 1. The van der Waals surface area contributed by atoms with Crippen molar-refractivity contribution in [2.75, 3.05) is 19.8 Å². The summed E-state index contributed by atoms with van der Waals surface area (Å²) < 4.78 is 17.0. The summed E-state index contributed by atoms with van der Waals surface area (Å²) in [5.74, 6) is 1.25. The van der Waals surface area contributed by atoms with Gasteiger partial charge in [-0.1, -0.05) is 12.5 Å². The van der Waals surface area contributed by atoms with Crippen LogP contribution in [0, 0.1) is 18.8 Å². The van der Waals surface area contributed by atoms with Crippen molar-refractivity contribution < 1.29 is 51.4 Å².